The average Bonchev–Trinajstić information content (AvgIpc) is 2.40. The van der Waals surface area contributed by atoms with Gasteiger partial charge in [0.2, 0.25) is 0 Å². The Bertz CT molecular complexity index is 635. The van der Waals surface area contributed by atoms with Crippen LogP contribution in [0.1, 0.15) is 22.5 Å². The Balaban J connectivity index is 2.83. The van der Waals surface area contributed by atoms with Crippen molar-refractivity contribution in [3.8, 4) is 23.3 Å². The highest BCUT2D eigenvalue weighted by Gasteiger charge is 2.15. The molecule has 1 heterocycles. The van der Waals surface area contributed by atoms with Crippen LogP contribution in [-0.4, -0.2) is 4.98 Å². The summed E-state index contributed by atoms with van der Waals surface area (Å²) in [5.74, 6) is 0. The van der Waals surface area contributed by atoms with E-state index in [4.69, 9.17) is 10.5 Å². The Morgan fingerprint density at radius 2 is 1.39 bits per heavy atom. The van der Waals surface area contributed by atoms with Crippen molar-refractivity contribution < 1.29 is 0 Å². The number of aromatic nitrogens is 1. The van der Waals surface area contributed by atoms with Crippen LogP contribution in [0.25, 0.3) is 11.1 Å². The minimum atomic E-state index is 0.316. The Morgan fingerprint density at radius 1 is 0.889 bits per heavy atom. The Hall–Kier alpha value is -2.65. The molecule has 1 aromatic heterocycles. The van der Waals surface area contributed by atoms with Crippen molar-refractivity contribution >= 4 is 0 Å². The molecular weight excluding hydrogens is 222 g/mol. The van der Waals surface area contributed by atoms with Crippen LogP contribution < -0.4 is 0 Å². The van der Waals surface area contributed by atoms with Gasteiger partial charge in [0, 0.05) is 0 Å². The molecule has 1 aromatic carbocycles. The summed E-state index contributed by atoms with van der Waals surface area (Å²) in [5.41, 5.74) is 4.20. The molecule has 0 fully saturated rings. The van der Waals surface area contributed by atoms with E-state index in [-0.39, 0.29) is 0 Å². The van der Waals surface area contributed by atoms with Gasteiger partial charge in [0.25, 0.3) is 0 Å². The molecule has 3 nitrogen and oxygen atoms in total. The Morgan fingerprint density at radius 3 is 1.83 bits per heavy atom. The molecule has 0 radical (unpaired) electrons. The molecule has 86 valence electrons. The summed E-state index contributed by atoms with van der Waals surface area (Å²) in [5, 5.41) is 18.2. The fraction of sp³-hybridized carbons (Fsp3) is 0.133. The lowest BCUT2D eigenvalue weighted by Crippen LogP contribution is -2.00. The highest BCUT2D eigenvalue weighted by Crippen LogP contribution is 2.29. The summed E-state index contributed by atoms with van der Waals surface area (Å²) in [6, 6.07) is 13.8. The summed E-state index contributed by atoms with van der Waals surface area (Å²) in [6.45, 7) is 3.73. The lowest BCUT2D eigenvalue weighted by atomic mass is 9.94. The highest BCUT2D eigenvalue weighted by molar-refractivity contribution is 5.73. The van der Waals surface area contributed by atoms with Crippen LogP contribution in [0, 0.1) is 36.5 Å². The van der Waals surface area contributed by atoms with Gasteiger partial charge in [-0.2, -0.15) is 10.5 Å². The molecule has 0 saturated heterocycles. The van der Waals surface area contributed by atoms with E-state index in [0.717, 1.165) is 22.3 Å². The first-order chi connectivity index (χ1) is 8.69. The van der Waals surface area contributed by atoms with Crippen LogP contribution in [0.3, 0.4) is 0 Å². The zero-order valence-corrected chi connectivity index (χ0v) is 10.2. The van der Waals surface area contributed by atoms with Gasteiger partial charge in [-0.3, -0.25) is 0 Å². The second kappa shape index (κ2) is 4.69. The first kappa shape index (κ1) is 11.8. The molecule has 0 aliphatic carbocycles. The lowest BCUT2D eigenvalue weighted by molar-refractivity contribution is 1.14. The summed E-state index contributed by atoms with van der Waals surface area (Å²) in [6.07, 6.45) is 0. The number of hydrogen-bond acceptors (Lipinski definition) is 3. The maximum absolute atomic E-state index is 9.08. The van der Waals surface area contributed by atoms with E-state index in [1.54, 1.807) is 0 Å². The zero-order chi connectivity index (χ0) is 13.1. The number of hydrogen-bond donors (Lipinski definition) is 0. The van der Waals surface area contributed by atoms with Gasteiger partial charge >= 0.3 is 0 Å². The van der Waals surface area contributed by atoms with Gasteiger partial charge in [0.05, 0.1) is 0 Å². The SMILES string of the molecule is Cc1c(C#N)nc(C#N)c(C)c1-c1ccccc1. The molecule has 18 heavy (non-hydrogen) atoms. The van der Waals surface area contributed by atoms with E-state index < -0.39 is 0 Å². The first-order valence-electron chi connectivity index (χ1n) is 5.56. The molecule has 0 bridgehead atoms. The van der Waals surface area contributed by atoms with Gasteiger partial charge < -0.3 is 0 Å². The van der Waals surface area contributed by atoms with Crippen LogP contribution >= 0.6 is 0 Å². The normalized spacial score (nSPS) is 9.56. The van der Waals surface area contributed by atoms with Gasteiger partial charge in [-0.05, 0) is 36.1 Å². The Kier molecular flexibility index (Phi) is 3.08. The number of rotatable bonds is 1. The standard InChI is InChI=1S/C15H11N3/c1-10-13(8-16)18-14(9-17)11(2)15(10)12-6-4-3-5-7-12/h3-7H,1-2H3. The van der Waals surface area contributed by atoms with E-state index in [2.05, 4.69) is 4.98 Å². The maximum atomic E-state index is 9.08. The minimum Gasteiger partial charge on any atom is -0.226 e. The number of nitriles is 2. The van der Waals surface area contributed by atoms with Crippen molar-refractivity contribution in [2.75, 3.05) is 0 Å². The van der Waals surface area contributed by atoms with E-state index in [0.29, 0.717) is 11.4 Å². The fourth-order valence-electron chi connectivity index (χ4n) is 2.05. The van der Waals surface area contributed by atoms with Crippen molar-refractivity contribution in [2.24, 2.45) is 0 Å². The molecule has 0 unspecified atom stereocenters. The highest BCUT2D eigenvalue weighted by atomic mass is 14.7. The number of pyridine rings is 1. The third kappa shape index (κ3) is 1.83. The molecule has 0 N–H and O–H groups in total. The molecule has 0 aliphatic rings. The van der Waals surface area contributed by atoms with Crippen molar-refractivity contribution in [3.63, 3.8) is 0 Å². The third-order valence-electron chi connectivity index (χ3n) is 2.96. The van der Waals surface area contributed by atoms with Crippen LogP contribution in [-0.2, 0) is 0 Å². The smallest absolute Gasteiger partial charge is 0.145 e. The molecular formula is C15H11N3. The van der Waals surface area contributed by atoms with E-state index >= 15 is 0 Å². The minimum absolute atomic E-state index is 0.316. The quantitative estimate of drug-likeness (QED) is 0.760. The molecule has 2 rings (SSSR count). The maximum Gasteiger partial charge on any atom is 0.145 e. The van der Waals surface area contributed by atoms with Crippen LogP contribution in [0.15, 0.2) is 30.3 Å². The van der Waals surface area contributed by atoms with Crippen molar-refractivity contribution in [2.45, 2.75) is 13.8 Å². The summed E-state index contributed by atoms with van der Waals surface area (Å²) < 4.78 is 0. The predicted octanol–water partition coefficient (Wildman–Crippen LogP) is 3.11. The molecule has 0 spiro atoms. The third-order valence-corrected chi connectivity index (χ3v) is 2.96. The van der Waals surface area contributed by atoms with Gasteiger partial charge in [0.15, 0.2) is 0 Å². The fourth-order valence-corrected chi connectivity index (χ4v) is 2.05. The van der Waals surface area contributed by atoms with Gasteiger partial charge in [-0.25, -0.2) is 4.98 Å². The lowest BCUT2D eigenvalue weighted by Gasteiger charge is -2.12. The monoisotopic (exact) mass is 233 g/mol. The molecule has 0 amide bonds. The van der Waals surface area contributed by atoms with Crippen molar-refractivity contribution in [1.29, 1.82) is 10.5 Å². The van der Waals surface area contributed by atoms with Crippen LogP contribution in [0.2, 0.25) is 0 Å². The largest absolute Gasteiger partial charge is 0.226 e. The van der Waals surface area contributed by atoms with Gasteiger partial charge in [-0.1, -0.05) is 30.3 Å². The van der Waals surface area contributed by atoms with Crippen molar-refractivity contribution in [3.05, 3.63) is 52.8 Å². The van der Waals surface area contributed by atoms with E-state index in [1.807, 2.05) is 56.3 Å². The van der Waals surface area contributed by atoms with E-state index in [1.165, 1.54) is 0 Å². The molecule has 3 heteroatoms. The summed E-state index contributed by atoms with van der Waals surface area (Å²) in [7, 11) is 0. The first-order valence-corrected chi connectivity index (χ1v) is 5.56. The number of benzene rings is 1. The molecule has 0 atom stereocenters. The average molecular weight is 233 g/mol. The Labute approximate surface area is 106 Å². The second-order valence-electron chi connectivity index (χ2n) is 4.02. The second-order valence-corrected chi connectivity index (χ2v) is 4.02. The summed E-state index contributed by atoms with van der Waals surface area (Å²) >= 11 is 0. The zero-order valence-electron chi connectivity index (χ0n) is 10.2. The van der Waals surface area contributed by atoms with Gasteiger partial charge in [-0.15, -0.1) is 0 Å². The molecule has 0 saturated carbocycles. The van der Waals surface area contributed by atoms with E-state index in [9.17, 15) is 0 Å². The van der Waals surface area contributed by atoms with Crippen molar-refractivity contribution in [1.82, 2.24) is 4.98 Å². The molecule has 2 aromatic rings. The topological polar surface area (TPSA) is 60.5 Å². The number of nitrogens with zero attached hydrogens (tertiary/aromatic N) is 3. The summed E-state index contributed by atoms with van der Waals surface area (Å²) in [4.78, 5) is 4.07. The molecule has 0 aliphatic heterocycles. The predicted molar refractivity (Wildman–Crippen MR) is 68.6 cm³/mol. The van der Waals surface area contributed by atoms with Crippen LogP contribution in [0.5, 0.6) is 0 Å². The van der Waals surface area contributed by atoms with Crippen LogP contribution in [0.4, 0.5) is 0 Å². The van der Waals surface area contributed by atoms with Gasteiger partial charge in [0.1, 0.15) is 23.5 Å².